The molecule has 0 N–H and O–H groups in total. The minimum Gasteiger partial charge on any atom is -0.470 e. The fourth-order valence-electron chi connectivity index (χ4n) is 1.88. The van der Waals surface area contributed by atoms with Crippen molar-refractivity contribution in [3.63, 3.8) is 0 Å². The number of hydrogen-bond donors (Lipinski definition) is 0. The highest BCUT2D eigenvalue weighted by Gasteiger charge is 2.60. The predicted octanol–water partition coefficient (Wildman–Crippen LogP) is 5.17. The molecule has 0 aromatic heterocycles. The van der Waals surface area contributed by atoms with Crippen LogP contribution in [0, 0.1) is 22.7 Å². The van der Waals surface area contributed by atoms with Crippen molar-refractivity contribution in [3.05, 3.63) is 23.3 Å². The number of halogens is 12. The Balaban J connectivity index is 3.53. The minimum atomic E-state index is -6.06. The van der Waals surface area contributed by atoms with Gasteiger partial charge in [0.15, 0.2) is 0 Å². The average Bonchev–Trinajstić information content (AvgIpc) is 2.52. The van der Waals surface area contributed by atoms with Gasteiger partial charge in [-0.05, 0) is 12.1 Å². The number of rotatable bonds is 4. The first-order valence-corrected chi connectivity index (χ1v) is 6.91. The maximum absolute atomic E-state index is 12.6. The second kappa shape index (κ2) is 8.00. The minimum absolute atomic E-state index is 0.0308. The van der Waals surface area contributed by atoms with Gasteiger partial charge in [0.25, 0.3) is 12.2 Å². The Hall–Kier alpha value is -3.04. The van der Waals surface area contributed by atoms with Crippen LogP contribution in [0.1, 0.15) is 11.1 Å². The highest BCUT2D eigenvalue weighted by atomic mass is 19.4. The van der Waals surface area contributed by atoms with Crippen LogP contribution in [0.25, 0.3) is 0 Å². The molecule has 0 atom stereocenters. The number of nitriles is 2. The third-order valence-corrected chi connectivity index (χ3v) is 3.03. The molecular formula is C14H4F12N2O2. The van der Waals surface area contributed by atoms with E-state index in [1.807, 2.05) is 0 Å². The number of alkyl halides is 12. The molecule has 1 aromatic carbocycles. The fourth-order valence-corrected chi connectivity index (χ4v) is 1.88. The van der Waals surface area contributed by atoms with Gasteiger partial charge in [-0.1, -0.05) is 0 Å². The maximum atomic E-state index is 12.6. The monoisotopic (exact) mass is 460 g/mol. The summed E-state index contributed by atoms with van der Waals surface area (Å²) in [6.07, 6.45) is -33.3. The summed E-state index contributed by atoms with van der Waals surface area (Å²) in [5.41, 5.74) is -3.01. The van der Waals surface area contributed by atoms with Gasteiger partial charge in [-0.15, -0.1) is 0 Å². The van der Waals surface area contributed by atoms with Crippen molar-refractivity contribution in [1.82, 2.24) is 0 Å². The van der Waals surface area contributed by atoms with Crippen molar-refractivity contribution in [2.45, 2.75) is 36.9 Å². The van der Waals surface area contributed by atoms with Gasteiger partial charge in [-0.25, -0.2) is 0 Å². The molecule has 0 bridgehead atoms. The van der Waals surface area contributed by atoms with Gasteiger partial charge < -0.3 is 9.47 Å². The zero-order valence-electron chi connectivity index (χ0n) is 13.6. The lowest BCUT2D eigenvalue weighted by Gasteiger charge is -2.26. The van der Waals surface area contributed by atoms with Crippen LogP contribution in [0.3, 0.4) is 0 Å². The van der Waals surface area contributed by atoms with Crippen LogP contribution >= 0.6 is 0 Å². The molecule has 0 saturated carbocycles. The topological polar surface area (TPSA) is 66.0 Å². The van der Waals surface area contributed by atoms with Gasteiger partial charge >= 0.3 is 24.7 Å². The van der Waals surface area contributed by atoms with Crippen LogP contribution in [0.5, 0.6) is 11.5 Å². The SMILES string of the molecule is N#Cc1c(OC(C(F)(F)F)C(F)(F)F)ccc(OC(C(F)(F)F)C(F)(F)F)c1C#N. The second-order valence-electron chi connectivity index (χ2n) is 5.20. The number of ether oxygens (including phenoxy) is 2. The molecule has 16 heteroatoms. The summed E-state index contributed by atoms with van der Waals surface area (Å²) in [7, 11) is 0. The van der Waals surface area contributed by atoms with E-state index in [0.29, 0.717) is 0 Å². The van der Waals surface area contributed by atoms with E-state index in [4.69, 9.17) is 10.5 Å². The van der Waals surface area contributed by atoms with E-state index in [2.05, 4.69) is 9.47 Å². The van der Waals surface area contributed by atoms with E-state index in [1.165, 1.54) is 0 Å². The first-order valence-electron chi connectivity index (χ1n) is 6.91. The van der Waals surface area contributed by atoms with E-state index in [9.17, 15) is 52.7 Å². The van der Waals surface area contributed by atoms with Crippen LogP contribution in [-0.4, -0.2) is 36.9 Å². The average molecular weight is 460 g/mol. The molecule has 0 fully saturated rings. The summed E-state index contributed by atoms with van der Waals surface area (Å²) in [4.78, 5) is 0. The molecule has 0 heterocycles. The second-order valence-corrected chi connectivity index (χ2v) is 5.20. The van der Waals surface area contributed by atoms with Crippen molar-refractivity contribution in [2.75, 3.05) is 0 Å². The summed E-state index contributed by atoms with van der Waals surface area (Å²) in [5.74, 6) is -3.15. The quantitative estimate of drug-likeness (QED) is 0.582. The lowest BCUT2D eigenvalue weighted by atomic mass is 10.1. The first-order chi connectivity index (χ1) is 13.3. The molecule has 0 radical (unpaired) electrons. The lowest BCUT2D eigenvalue weighted by Crippen LogP contribution is -2.47. The highest BCUT2D eigenvalue weighted by molar-refractivity contribution is 5.60. The van der Waals surface area contributed by atoms with Crippen molar-refractivity contribution >= 4 is 0 Å². The van der Waals surface area contributed by atoms with Crippen molar-refractivity contribution in [2.24, 2.45) is 0 Å². The Kier molecular flexibility index (Phi) is 6.67. The molecule has 0 aliphatic heterocycles. The van der Waals surface area contributed by atoms with Crippen LogP contribution in [-0.2, 0) is 0 Å². The molecule has 0 amide bonds. The summed E-state index contributed by atoms with van der Waals surface area (Å²) >= 11 is 0. The highest BCUT2D eigenvalue weighted by Crippen LogP contribution is 2.41. The maximum Gasteiger partial charge on any atom is 0.434 e. The van der Waals surface area contributed by atoms with E-state index >= 15 is 0 Å². The molecule has 4 nitrogen and oxygen atoms in total. The zero-order valence-corrected chi connectivity index (χ0v) is 13.6. The molecule has 0 unspecified atom stereocenters. The van der Waals surface area contributed by atoms with Gasteiger partial charge in [0, 0.05) is 0 Å². The van der Waals surface area contributed by atoms with Gasteiger partial charge in [0.2, 0.25) is 0 Å². The molecule has 166 valence electrons. The fraction of sp³-hybridized carbons (Fsp3) is 0.429. The molecule has 0 spiro atoms. The van der Waals surface area contributed by atoms with Crippen LogP contribution in [0.2, 0.25) is 0 Å². The van der Waals surface area contributed by atoms with E-state index in [1.54, 1.807) is 0 Å². The zero-order chi connectivity index (χ0) is 23.7. The molecule has 0 aliphatic rings. The predicted molar refractivity (Wildman–Crippen MR) is 68.9 cm³/mol. The van der Waals surface area contributed by atoms with Crippen LogP contribution < -0.4 is 9.47 Å². The lowest BCUT2D eigenvalue weighted by molar-refractivity contribution is -0.301. The molecule has 1 aromatic rings. The van der Waals surface area contributed by atoms with Gasteiger partial charge in [0.05, 0.1) is 0 Å². The third kappa shape index (κ3) is 5.74. The number of benzene rings is 1. The summed E-state index contributed by atoms with van der Waals surface area (Å²) in [5, 5.41) is 17.8. The molecule has 1 rings (SSSR count). The standard InChI is InChI=1S/C14H4F12N2O2/c15-11(16,17)9(12(18,19)20)29-7-1-2-8(6(4-28)5(7)3-27)30-10(13(21,22)23)14(24,25)26/h1-2,9-10H. The van der Waals surface area contributed by atoms with Crippen LogP contribution in [0.4, 0.5) is 52.7 Å². The Labute approximate surface area is 157 Å². The normalized spacial score (nSPS) is 13.2. The summed E-state index contributed by atoms with van der Waals surface area (Å²) in [6.45, 7) is 0. The molecule has 0 saturated heterocycles. The number of nitrogens with zero attached hydrogens (tertiary/aromatic N) is 2. The molecular weight excluding hydrogens is 456 g/mol. The molecule has 0 aliphatic carbocycles. The Morgan fingerprint density at radius 2 is 0.800 bits per heavy atom. The van der Waals surface area contributed by atoms with Crippen LogP contribution in [0.15, 0.2) is 12.1 Å². The first kappa shape index (κ1) is 25.0. The van der Waals surface area contributed by atoms with Gasteiger partial charge in [0.1, 0.15) is 34.8 Å². The Bertz CT molecular complexity index is 756. The Morgan fingerprint density at radius 1 is 0.567 bits per heavy atom. The van der Waals surface area contributed by atoms with E-state index in [0.717, 1.165) is 12.1 Å². The third-order valence-electron chi connectivity index (χ3n) is 3.03. The van der Waals surface area contributed by atoms with Gasteiger partial charge in [-0.3, -0.25) is 0 Å². The summed E-state index contributed by atoms with van der Waals surface area (Å²) < 4.78 is 158. The smallest absolute Gasteiger partial charge is 0.434 e. The summed E-state index contributed by atoms with van der Waals surface area (Å²) in [6, 6.07) is 1.84. The molecule has 30 heavy (non-hydrogen) atoms. The number of hydrogen-bond acceptors (Lipinski definition) is 4. The van der Waals surface area contributed by atoms with E-state index < -0.39 is 59.5 Å². The van der Waals surface area contributed by atoms with Gasteiger partial charge in [-0.2, -0.15) is 63.2 Å². The van der Waals surface area contributed by atoms with E-state index in [-0.39, 0.29) is 12.1 Å². The Morgan fingerprint density at radius 3 is 0.967 bits per heavy atom. The van der Waals surface area contributed by atoms with Crippen molar-refractivity contribution in [3.8, 4) is 23.6 Å². The largest absolute Gasteiger partial charge is 0.470 e. The van der Waals surface area contributed by atoms with Crippen molar-refractivity contribution < 1.29 is 62.2 Å². The van der Waals surface area contributed by atoms with Crippen molar-refractivity contribution in [1.29, 1.82) is 10.5 Å².